The fourth-order valence-corrected chi connectivity index (χ4v) is 7.64. The third-order valence-corrected chi connectivity index (χ3v) is 8.73. The van der Waals surface area contributed by atoms with Gasteiger partial charge in [-0.25, -0.2) is 8.42 Å². The zero-order valence-electron chi connectivity index (χ0n) is 18.0. The molecule has 2 aromatic carbocycles. The van der Waals surface area contributed by atoms with Crippen molar-refractivity contribution in [1.29, 1.82) is 0 Å². The fraction of sp³-hybridized carbons (Fsp3) is 0.391. The van der Waals surface area contributed by atoms with Crippen molar-refractivity contribution in [2.24, 2.45) is 4.99 Å². The van der Waals surface area contributed by atoms with Gasteiger partial charge in [-0.05, 0) is 43.7 Å². The van der Waals surface area contributed by atoms with Crippen LogP contribution in [-0.4, -0.2) is 61.9 Å². The number of anilines is 2. The number of sulfone groups is 1. The number of hydrogen-bond acceptors (Lipinski definition) is 7. The molecule has 1 saturated heterocycles. The van der Waals surface area contributed by atoms with E-state index in [9.17, 15) is 13.2 Å². The molecule has 0 aliphatic carbocycles. The number of rotatable bonds is 8. The van der Waals surface area contributed by atoms with Crippen molar-refractivity contribution >= 4 is 44.0 Å². The quantitative estimate of drug-likeness (QED) is 0.574. The van der Waals surface area contributed by atoms with Crippen molar-refractivity contribution in [2.75, 3.05) is 41.4 Å². The summed E-state index contributed by atoms with van der Waals surface area (Å²) in [6.07, 6.45) is 0.853. The van der Waals surface area contributed by atoms with E-state index in [1.165, 1.54) is 17.4 Å². The number of benzene rings is 2. The Kier molecular flexibility index (Phi) is 7.05. The first-order chi connectivity index (χ1) is 15.4. The Morgan fingerprint density at radius 1 is 1.16 bits per heavy atom. The van der Waals surface area contributed by atoms with Gasteiger partial charge in [0.15, 0.2) is 15.0 Å². The molecule has 0 bridgehead atoms. The van der Waals surface area contributed by atoms with Gasteiger partial charge in [0.05, 0.1) is 17.5 Å². The Balaban J connectivity index is 1.26. The second kappa shape index (κ2) is 9.95. The molecule has 2 aromatic rings. The van der Waals surface area contributed by atoms with Crippen molar-refractivity contribution in [3.63, 3.8) is 0 Å². The molecule has 2 aliphatic heterocycles. The highest BCUT2D eigenvalue weighted by atomic mass is 32.2. The van der Waals surface area contributed by atoms with E-state index < -0.39 is 9.84 Å². The van der Waals surface area contributed by atoms with Crippen LogP contribution < -0.4 is 15.5 Å². The third kappa shape index (κ3) is 5.63. The molecule has 1 amide bonds. The Morgan fingerprint density at radius 3 is 2.72 bits per heavy atom. The summed E-state index contributed by atoms with van der Waals surface area (Å²) in [6, 6.07) is 17.4. The smallest absolute Gasteiger partial charge is 0.251 e. The largest absolute Gasteiger partial charge is 0.372 e. The first-order valence-electron chi connectivity index (χ1n) is 10.8. The zero-order valence-corrected chi connectivity index (χ0v) is 19.7. The van der Waals surface area contributed by atoms with Gasteiger partial charge in [0.2, 0.25) is 0 Å². The zero-order chi connectivity index (χ0) is 22.6. The van der Waals surface area contributed by atoms with Gasteiger partial charge >= 0.3 is 0 Å². The molecular formula is C23H28N4O3S2. The van der Waals surface area contributed by atoms with Crippen LogP contribution in [0.1, 0.15) is 23.7 Å². The summed E-state index contributed by atoms with van der Waals surface area (Å²) in [6.45, 7) is 4.52. The number of nitrogens with one attached hydrogen (secondary N) is 2. The van der Waals surface area contributed by atoms with Crippen LogP contribution in [0.15, 0.2) is 59.6 Å². The average Bonchev–Trinajstić information content (AvgIpc) is 3.26. The number of amidine groups is 1. The minimum Gasteiger partial charge on any atom is -0.372 e. The molecule has 0 radical (unpaired) electrons. The van der Waals surface area contributed by atoms with E-state index in [0.29, 0.717) is 17.3 Å². The fourth-order valence-electron chi connectivity index (χ4n) is 3.96. The Labute approximate surface area is 193 Å². The lowest BCUT2D eigenvalue weighted by Crippen LogP contribution is -2.30. The summed E-state index contributed by atoms with van der Waals surface area (Å²) in [5.41, 5.74) is 2.54. The van der Waals surface area contributed by atoms with Gasteiger partial charge in [-0.15, -0.1) is 0 Å². The number of carbonyl (C=O) groups is 1. The maximum Gasteiger partial charge on any atom is 0.251 e. The molecule has 2 heterocycles. The van der Waals surface area contributed by atoms with Gasteiger partial charge in [0.1, 0.15) is 0 Å². The van der Waals surface area contributed by atoms with Gasteiger partial charge in [-0.1, -0.05) is 36.0 Å². The number of aliphatic imine (C=N–C) groups is 1. The van der Waals surface area contributed by atoms with E-state index >= 15 is 0 Å². The van der Waals surface area contributed by atoms with E-state index in [1.807, 2.05) is 30.3 Å². The molecule has 0 unspecified atom stereocenters. The van der Waals surface area contributed by atoms with E-state index in [1.54, 1.807) is 12.1 Å². The van der Waals surface area contributed by atoms with Crippen LogP contribution in [0.4, 0.5) is 11.4 Å². The first-order valence-corrected chi connectivity index (χ1v) is 13.5. The number of hydrogen-bond donors (Lipinski definition) is 2. The SMILES string of the molecule is CCN(CCCNC(=O)c1cccc(NC2=N[C@@H]3CS(=O)(=O)C[C@H]3S2)c1)c1ccccc1. The predicted octanol–water partition coefficient (Wildman–Crippen LogP) is 3.01. The first kappa shape index (κ1) is 22.7. The lowest BCUT2D eigenvalue weighted by Gasteiger charge is -2.23. The van der Waals surface area contributed by atoms with Crippen molar-refractivity contribution < 1.29 is 13.2 Å². The van der Waals surface area contributed by atoms with Gasteiger partial charge < -0.3 is 15.5 Å². The molecule has 2 aliphatic rings. The number of fused-ring (bicyclic) bond motifs is 1. The van der Waals surface area contributed by atoms with Crippen LogP contribution in [-0.2, 0) is 9.84 Å². The molecule has 1 fully saturated rings. The summed E-state index contributed by atoms with van der Waals surface area (Å²) in [5.74, 6) is 0.192. The van der Waals surface area contributed by atoms with Crippen molar-refractivity contribution in [1.82, 2.24) is 5.32 Å². The summed E-state index contributed by atoms with van der Waals surface area (Å²) < 4.78 is 23.4. The van der Waals surface area contributed by atoms with Crippen LogP contribution in [0, 0.1) is 0 Å². The highest BCUT2D eigenvalue weighted by Crippen LogP contribution is 2.34. The molecule has 0 aromatic heterocycles. The van der Waals surface area contributed by atoms with Gasteiger partial charge in [0, 0.05) is 41.8 Å². The van der Waals surface area contributed by atoms with Crippen LogP contribution in [0.3, 0.4) is 0 Å². The maximum absolute atomic E-state index is 12.6. The number of thioether (sulfide) groups is 1. The van der Waals surface area contributed by atoms with Crippen LogP contribution >= 0.6 is 11.8 Å². The minimum absolute atomic E-state index is 0.00689. The number of amides is 1. The van der Waals surface area contributed by atoms with Gasteiger partial charge in [-0.2, -0.15) is 0 Å². The van der Waals surface area contributed by atoms with Crippen LogP contribution in [0.25, 0.3) is 0 Å². The van der Waals surface area contributed by atoms with Crippen LogP contribution in [0.5, 0.6) is 0 Å². The second-order valence-corrected chi connectivity index (χ2v) is 11.3. The number of carbonyl (C=O) groups excluding carboxylic acids is 1. The molecule has 7 nitrogen and oxygen atoms in total. The molecule has 9 heteroatoms. The molecule has 4 rings (SSSR count). The highest BCUT2D eigenvalue weighted by Gasteiger charge is 2.42. The minimum atomic E-state index is -2.97. The Bertz CT molecular complexity index is 1090. The second-order valence-electron chi connectivity index (χ2n) is 7.97. The third-order valence-electron chi connectivity index (χ3n) is 5.59. The van der Waals surface area contributed by atoms with E-state index in [0.717, 1.165) is 25.2 Å². The predicted molar refractivity (Wildman–Crippen MR) is 133 cm³/mol. The monoisotopic (exact) mass is 472 g/mol. The van der Waals surface area contributed by atoms with Crippen molar-refractivity contribution in [2.45, 2.75) is 24.6 Å². The van der Waals surface area contributed by atoms with E-state index in [2.05, 4.69) is 39.6 Å². The normalized spacial score (nSPS) is 21.0. The summed E-state index contributed by atoms with van der Waals surface area (Å²) >= 11 is 1.47. The molecule has 170 valence electrons. The number of nitrogens with zero attached hydrogens (tertiary/aromatic N) is 2. The topological polar surface area (TPSA) is 90.9 Å². The van der Waals surface area contributed by atoms with Gasteiger partial charge in [-0.3, -0.25) is 9.79 Å². The van der Waals surface area contributed by atoms with Gasteiger partial charge in [0.25, 0.3) is 5.91 Å². The molecule has 0 spiro atoms. The molecule has 32 heavy (non-hydrogen) atoms. The maximum atomic E-state index is 12.6. The van der Waals surface area contributed by atoms with Crippen molar-refractivity contribution in [3.8, 4) is 0 Å². The van der Waals surface area contributed by atoms with Crippen molar-refractivity contribution in [3.05, 3.63) is 60.2 Å². The Morgan fingerprint density at radius 2 is 1.97 bits per heavy atom. The van der Waals surface area contributed by atoms with Crippen LogP contribution in [0.2, 0.25) is 0 Å². The average molecular weight is 473 g/mol. The molecule has 2 N–H and O–H groups in total. The molecular weight excluding hydrogens is 444 g/mol. The summed E-state index contributed by atoms with van der Waals surface area (Å²) in [4.78, 5) is 19.4. The number of para-hydroxylation sites is 1. The molecule has 2 atom stereocenters. The molecule has 0 saturated carbocycles. The lowest BCUT2D eigenvalue weighted by atomic mass is 10.2. The highest BCUT2D eigenvalue weighted by molar-refractivity contribution is 8.15. The Hall–Kier alpha value is -2.52. The van der Waals surface area contributed by atoms with E-state index in [4.69, 9.17) is 0 Å². The summed E-state index contributed by atoms with van der Waals surface area (Å²) in [7, 11) is -2.97. The standard InChI is InChI=1S/C23H28N4O3S2/c1-2-27(19-10-4-3-5-11-19)13-7-12-24-22(28)17-8-6-9-18(14-17)25-23-26-20-15-32(29,30)16-21(20)31-23/h3-6,8-11,14,20-21H,2,7,12-13,15-16H2,1H3,(H,24,28)(H,25,26)/t20-,21-/m1/s1. The lowest BCUT2D eigenvalue weighted by molar-refractivity contribution is 0.0953. The summed E-state index contributed by atoms with van der Waals surface area (Å²) in [5, 5.41) is 6.94. The van der Waals surface area contributed by atoms with E-state index in [-0.39, 0.29) is 28.7 Å².